The lowest BCUT2D eigenvalue weighted by molar-refractivity contribution is -0.157. The Labute approximate surface area is 521 Å². The van der Waals surface area contributed by atoms with Crippen LogP contribution >= 0.6 is 34.8 Å². The third-order valence-corrected chi connectivity index (χ3v) is 21.8. The number of benzene rings is 4. The van der Waals surface area contributed by atoms with Crippen molar-refractivity contribution in [3.8, 4) is 12.1 Å². The van der Waals surface area contributed by atoms with E-state index < -0.39 is 63.4 Å². The lowest BCUT2D eigenvalue weighted by Gasteiger charge is -2.52. The SMILES string of the molecule is C=C(F)C(=O)N1CCN(c2nc(OCC3CCCN3C)nc3c2CCN(c2cccc4cccc(Cl)c24)C3)CC1CC#N.CCN1C(C(=O)NC23CCC(C(=O)O)(CC2)CC3)C(c2cccc(Cl)c2F)C2(C(=O)Nc3cc(Cl)ccc32)C12CCCCC2. The topological polar surface area (TPSA) is 188 Å². The first-order valence-electron chi connectivity index (χ1n) is 30.7. The molecule has 3 N–H and O–H groups in total. The van der Waals surface area contributed by atoms with Crippen LogP contribution in [0.1, 0.15) is 125 Å². The van der Waals surface area contributed by atoms with Crippen LogP contribution in [0.3, 0.4) is 0 Å². The number of anilines is 3. The molecule has 5 aromatic rings. The zero-order valence-corrected chi connectivity index (χ0v) is 51.4. The minimum absolute atomic E-state index is 0.0534. The molecule has 3 amide bonds. The number of aromatic nitrogens is 2. The first kappa shape index (κ1) is 60.7. The van der Waals surface area contributed by atoms with E-state index in [2.05, 4.69) is 68.1 Å². The Balaban J connectivity index is 0.000000170. The van der Waals surface area contributed by atoms with Gasteiger partial charge in [0.15, 0.2) is 5.83 Å². The summed E-state index contributed by atoms with van der Waals surface area (Å²) >= 11 is 19.5. The molecule has 5 unspecified atom stereocenters. The zero-order chi connectivity index (χ0) is 61.2. The number of carboxylic acids is 1. The standard InChI is InChI=1S/C34H38Cl2FN3O4.C32H35ClFN7O2/c1-2-40-27(28(41)39-32-16-13-31(14-17-32,15-18-32)30(43)44)25(21-7-6-8-23(36)26(21)37)34(33(40)11-4-3-5-12-33)22-10-9-20(35)19-24(22)38-29(34)42;1-21(34)31(42)41-17-16-40(18-23(41)11-13-35)30-25-12-15-39(28-10-4-7-22-6-3-9-26(33)29(22)28)19-27(25)36-32(37-30)43-20-24-8-5-14-38(24)2/h6-10,19,25,27H,2-5,11-18H2,1H3,(H,38,42)(H,39,41)(H,43,44);3-4,6-7,9-10,23-24H,1,5,8,11-12,14-20H2,2H3. The third kappa shape index (κ3) is 10.4. The molecule has 0 radical (unpaired) electrons. The molecule has 2 bridgehead atoms. The van der Waals surface area contributed by atoms with E-state index >= 15 is 4.39 Å². The number of nitrogens with one attached hydrogen (secondary N) is 2. The number of hydrogen-bond donors (Lipinski definition) is 3. The maximum absolute atomic E-state index is 16.3. The molecule has 5 atom stereocenters. The van der Waals surface area contributed by atoms with Crippen molar-refractivity contribution in [1.29, 1.82) is 5.26 Å². The van der Waals surface area contributed by atoms with Gasteiger partial charge in [0.1, 0.15) is 23.7 Å². The molecular formula is C66H73Cl3F2N10O6. The zero-order valence-electron chi connectivity index (χ0n) is 49.2. The van der Waals surface area contributed by atoms with E-state index in [1.165, 1.54) is 11.0 Å². The number of halogens is 5. The molecule has 4 aliphatic carbocycles. The van der Waals surface area contributed by atoms with E-state index in [0.717, 1.165) is 84.3 Å². The molecular weight excluding hydrogens is 1170 g/mol. The van der Waals surface area contributed by atoms with E-state index in [0.29, 0.717) is 118 Å². The summed E-state index contributed by atoms with van der Waals surface area (Å²) in [7, 11) is 2.11. The van der Waals surface area contributed by atoms with E-state index in [-0.39, 0.29) is 35.4 Å². The van der Waals surface area contributed by atoms with Crippen molar-refractivity contribution in [1.82, 2.24) is 30.0 Å². The van der Waals surface area contributed by atoms with E-state index in [1.54, 1.807) is 24.3 Å². The van der Waals surface area contributed by atoms with Crippen LogP contribution in [0.5, 0.6) is 6.01 Å². The summed E-state index contributed by atoms with van der Waals surface area (Å²) in [6, 6.07) is 23.8. The van der Waals surface area contributed by atoms with Crippen molar-refractivity contribution in [3.05, 3.63) is 128 Å². The van der Waals surface area contributed by atoms with Crippen LogP contribution in [0.25, 0.3) is 10.8 Å². The highest BCUT2D eigenvalue weighted by molar-refractivity contribution is 6.36. The van der Waals surface area contributed by atoms with Gasteiger partial charge in [-0.25, -0.2) is 8.78 Å². The predicted molar refractivity (Wildman–Crippen MR) is 332 cm³/mol. The van der Waals surface area contributed by atoms with Crippen LogP contribution in [0, 0.1) is 22.6 Å². The number of carboxylic acid groups (broad SMARTS) is 1. The largest absolute Gasteiger partial charge is 0.481 e. The van der Waals surface area contributed by atoms with Crippen molar-refractivity contribution >= 4 is 86.5 Å². The van der Waals surface area contributed by atoms with E-state index in [4.69, 9.17) is 49.5 Å². The molecule has 87 heavy (non-hydrogen) atoms. The number of nitriles is 1. The number of carbonyl (C=O) groups is 4. The van der Waals surface area contributed by atoms with Gasteiger partial charge in [0.25, 0.3) is 5.91 Å². The number of rotatable bonds is 12. The quantitative estimate of drug-likeness (QED) is 0.100. The lowest BCUT2D eigenvalue weighted by atomic mass is 9.55. The molecule has 9 aliphatic rings. The Morgan fingerprint density at radius 1 is 0.885 bits per heavy atom. The fourth-order valence-electron chi connectivity index (χ4n) is 16.7. The van der Waals surface area contributed by atoms with Gasteiger partial charge in [0.05, 0.1) is 52.3 Å². The second-order valence-corrected chi connectivity index (χ2v) is 26.5. The maximum atomic E-state index is 16.3. The number of carbonyl (C=O) groups excluding carboxylic acids is 3. The number of hydrogen-bond acceptors (Lipinski definition) is 12. The number of fused-ring (bicyclic) bond motifs is 8. The van der Waals surface area contributed by atoms with Gasteiger partial charge in [-0.1, -0.05) is 110 Å². The van der Waals surface area contributed by atoms with Crippen LogP contribution in [0.15, 0.2) is 85.2 Å². The van der Waals surface area contributed by atoms with Gasteiger partial charge in [-0.2, -0.15) is 15.2 Å². The number of ether oxygens (including phenoxy) is 1. The minimum Gasteiger partial charge on any atom is -0.481 e. The van der Waals surface area contributed by atoms with Gasteiger partial charge in [0, 0.05) is 76.6 Å². The van der Waals surface area contributed by atoms with Gasteiger partial charge in [-0.3, -0.25) is 24.1 Å². The number of aliphatic carboxylic acids is 1. The number of amides is 3. The smallest absolute Gasteiger partial charge is 0.318 e. The highest BCUT2D eigenvalue weighted by Gasteiger charge is 2.75. The Hall–Kier alpha value is -6.62. The van der Waals surface area contributed by atoms with Crippen molar-refractivity contribution in [2.45, 2.75) is 150 Å². The summed E-state index contributed by atoms with van der Waals surface area (Å²) in [5.41, 5.74) is 1.29. The second-order valence-electron chi connectivity index (χ2n) is 25.2. The summed E-state index contributed by atoms with van der Waals surface area (Å²) in [6.45, 7) is 9.56. The normalized spacial score (nSPS) is 27.3. The molecule has 5 aliphatic heterocycles. The Bertz CT molecular complexity index is 3590. The van der Waals surface area contributed by atoms with Crippen molar-refractivity contribution in [3.63, 3.8) is 0 Å². The second kappa shape index (κ2) is 24.1. The van der Waals surface area contributed by atoms with E-state index in [9.17, 15) is 33.9 Å². The molecule has 16 nitrogen and oxygen atoms in total. The Kier molecular flexibility index (Phi) is 16.8. The first-order chi connectivity index (χ1) is 41.9. The van der Waals surface area contributed by atoms with E-state index in [1.807, 2.05) is 31.2 Å². The Morgan fingerprint density at radius 3 is 2.30 bits per heavy atom. The molecule has 4 aromatic carbocycles. The summed E-state index contributed by atoms with van der Waals surface area (Å²) in [4.78, 5) is 74.4. The van der Waals surface area contributed by atoms with Gasteiger partial charge in [-0.15, -0.1) is 0 Å². The molecule has 2 spiro atoms. The average molecular weight is 1250 g/mol. The summed E-state index contributed by atoms with van der Waals surface area (Å²) < 4.78 is 36.4. The van der Waals surface area contributed by atoms with Crippen LogP contribution in [-0.4, -0.2) is 136 Å². The minimum atomic E-state index is -1.27. The van der Waals surface area contributed by atoms with Crippen LogP contribution in [-0.2, 0) is 37.6 Å². The monoisotopic (exact) mass is 1240 g/mol. The Morgan fingerprint density at radius 2 is 1.61 bits per heavy atom. The van der Waals surface area contributed by atoms with Gasteiger partial charge in [-0.05, 0) is 138 Å². The summed E-state index contributed by atoms with van der Waals surface area (Å²) in [5, 5.41) is 29.2. The van der Waals surface area contributed by atoms with Gasteiger partial charge < -0.3 is 40.1 Å². The maximum Gasteiger partial charge on any atom is 0.318 e. The molecule has 3 saturated heterocycles. The molecule has 458 valence electrons. The number of piperazine rings is 1. The van der Waals surface area contributed by atoms with Crippen molar-refractivity contribution in [2.24, 2.45) is 5.41 Å². The number of likely N-dealkylation sites (tertiary alicyclic amines) is 2. The van der Waals surface area contributed by atoms with Crippen LogP contribution in [0.2, 0.25) is 15.1 Å². The molecule has 21 heteroatoms. The molecule has 4 saturated carbocycles. The predicted octanol–water partition coefficient (Wildman–Crippen LogP) is 11.5. The molecule has 14 rings (SSSR count). The van der Waals surface area contributed by atoms with Crippen molar-refractivity contribution in [2.75, 3.05) is 68.0 Å². The third-order valence-electron chi connectivity index (χ3n) is 21.0. The average Bonchev–Trinajstić information content (AvgIpc) is 1.51. The number of likely N-dealkylation sites (N-methyl/N-ethyl adjacent to an activating group) is 2. The highest BCUT2D eigenvalue weighted by atomic mass is 35.5. The first-order valence-corrected chi connectivity index (χ1v) is 31.8. The fourth-order valence-corrected chi connectivity index (χ4v) is 17.3. The molecule has 7 fully saturated rings. The highest BCUT2D eigenvalue weighted by Crippen LogP contribution is 2.67. The molecule has 1 aromatic heterocycles. The number of nitrogens with zero attached hydrogens (tertiary/aromatic N) is 8. The van der Waals surface area contributed by atoms with Crippen molar-refractivity contribution < 1.29 is 37.8 Å². The summed E-state index contributed by atoms with van der Waals surface area (Å²) in [5.74, 6) is -3.75. The molecule has 6 heterocycles. The van der Waals surface area contributed by atoms with Crippen LogP contribution < -0.4 is 25.2 Å². The van der Waals surface area contributed by atoms with Gasteiger partial charge >= 0.3 is 12.0 Å². The fraction of sp³-hybridized carbons (Fsp3) is 0.500. The lowest BCUT2D eigenvalue weighted by Crippen LogP contribution is -2.63. The van der Waals surface area contributed by atoms with Crippen LogP contribution in [0.4, 0.5) is 26.0 Å². The van der Waals surface area contributed by atoms with Gasteiger partial charge in [0.2, 0.25) is 11.8 Å². The summed E-state index contributed by atoms with van der Waals surface area (Å²) in [6.07, 6.45) is 10.4.